The van der Waals surface area contributed by atoms with E-state index >= 15 is 0 Å². The van der Waals surface area contributed by atoms with Crippen LogP contribution in [0.15, 0.2) is 59.7 Å². The van der Waals surface area contributed by atoms with Gasteiger partial charge in [0.15, 0.2) is 0 Å². The van der Waals surface area contributed by atoms with Crippen LogP contribution in [0.5, 0.6) is 5.75 Å². The van der Waals surface area contributed by atoms with E-state index in [1.165, 1.54) is 0 Å². The van der Waals surface area contributed by atoms with Crippen LogP contribution >= 0.6 is 0 Å². The number of hydrazone groups is 1. The molecular weight excluding hydrogens is 288 g/mol. The molecule has 2 aromatic rings. The molecule has 1 N–H and O–H groups in total. The Balaban J connectivity index is 1.87. The molecule has 0 aliphatic heterocycles. The van der Waals surface area contributed by atoms with Crippen molar-refractivity contribution in [3.63, 3.8) is 0 Å². The van der Waals surface area contributed by atoms with Gasteiger partial charge in [0, 0.05) is 6.42 Å². The van der Waals surface area contributed by atoms with Gasteiger partial charge in [0.2, 0.25) is 5.91 Å². The molecule has 120 valence electrons. The van der Waals surface area contributed by atoms with E-state index in [2.05, 4.69) is 10.5 Å². The Hall–Kier alpha value is -2.62. The largest absolute Gasteiger partial charge is 0.497 e. The summed E-state index contributed by atoms with van der Waals surface area (Å²) < 4.78 is 5.12. The van der Waals surface area contributed by atoms with Gasteiger partial charge < -0.3 is 4.74 Å². The highest BCUT2D eigenvalue weighted by atomic mass is 16.5. The Kier molecular flexibility index (Phi) is 6.36. The molecule has 0 unspecified atom stereocenters. The number of nitrogens with one attached hydrogen (secondary N) is 1. The molecule has 0 atom stereocenters. The number of rotatable bonds is 7. The number of aryl methyl sites for hydroxylation is 1. The van der Waals surface area contributed by atoms with Gasteiger partial charge in [-0.15, -0.1) is 0 Å². The second-order valence-corrected chi connectivity index (χ2v) is 5.16. The molecule has 0 saturated carbocycles. The van der Waals surface area contributed by atoms with Gasteiger partial charge in [-0.05, 0) is 36.1 Å². The van der Waals surface area contributed by atoms with Gasteiger partial charge in [0.1, 0.15) is 5.75 Å². The van der Waals surface area contributed by atoms with Crippen LogP contribution in [0.1, 0.15) is 30.9 Å². The van der Waals surface area contributed by atoms with Crippen LogP contribution in [0.4, 0.5) is 0 Å². The first-order valence-corrected chi connectivity index (χ1v) is 7.76. The van der Waals surface area contributed by atoms with Crippen molar-refractivity contribution in [1.82, 2.24) is 5.43 Å². The highest BCUT2D eigenvalue weighted by Gasteiger charge is 2.04. The van der Waals surface area contributed by atoms with Crippen molar-refractivity contribution in [2.45, 2.75) is 26.2 Å². The van der Waals surface area contributed by atoms with Gasteiger partial charge >= 0.3 is 0 Å². The summed E-state index contributed by atoms with van der Waals surface area (Å²) in [7, 11) is 1.64. The number of hydrogen-bond acceptors (Lipinski definition) is 3. The maximum absolute atomic E-state index is 11.9. The van der Waals surface area contributed by atoms with Gasteiger partial charge in [-0.25, -0.2) is 5.43 Å². The minimum Gasteiger partial charge on any atom is -0.497 e. The molecule has 0 bridgehead atoms. The minimum atomic E-state index is -0.0808. The maximum Gasteiger partial charge on any atom is 0.240 e. The van der Waals surface area contributed by atoms with E-state index in [9.17, 15) is 4.79 Å². The number of hydrogen-bond donors (Lipinski definition) is 1. The second kappa shape index (κ2) is 8.73. The minimum absolute atomic E-state index is 0.0808. The van der Waals surface area contributed by atoms with Crippen LogP contribution < -0.4 is 10.2 Å². The highest BCUT2D eigenvalue weighted by molar-refractivity contribution is 6.00. The normalized spacial score (nSPS) is 11.1. The molecule has 1 amide bonds. The Morgan fingerprint density at radius 2 is 1.78 bits per heavy atom. The lowest BCUT2D eigenvalue weighted by Crippen LogP contribution is -2.20. The predicted molar refractivity (Wildman–Crippen MR) is 92.7 cm³/mol. The van der Waals surface area contributed by atoms with Gasteiger partial charge in [0.25, 0.3) is 0 Å². The van der Waals surface area contributed by atoms with E-state index < -0.39 is 0 Å². The number of benzene rings is 2. The third-order valence-corrected chi connectivity index (χ3v) is 3.56. The molecular formula is C19H22N2O2. The monoisotopic (exact) mass is 310 g/mol. The number of amides is 1. The van der Waals surface area contributed by atoms with E-state index in [0.29, 0.717) is 12.8 Å². The molecule has 0 aromatic heterocycles. The fourth-order valence-corrected chi connectivity index (χ4v) is 2.21. The zero-order valence-electron chi connectivity index (χ0n) is 13.6. The van der Waals surface area contributed by atoms with Crippen molar-refractivity contribution in [2.24, 2.45) is 5.10 Å². The zero-order valence-corrected chi connectivity index (χ0v) is 13.6. The van der Waals surface area contributed by atoms with Crippen molar-refractivity contribution >= 4 is 11.6 Å². The van der Waals surface area contributed by atoms with Crippen LogP contribution in [-0.4, -0.2) is 18.7 Å². The Labute approximate surface area is 137 Å². The molecule has 0 heterocycles. The number of carbonyl (C=O) groups excluding carboxylic acids is 1. The molecule has 0 spiro atoms. The summed E-state index contributed by atoms with van der Waals surface area (Å²) in [4.78, 5) is 11.9. The average molecular weight is 310 g/mol. The summed E-state index contributed by atoms with van der Waals surface area (Å²) in [5.74, 6) is 0.737. The number of carbonyl (C=O) groups is 1. The molecule has 0 radical (unpaired) electrons. The van der Waals surface area contributed by atoms with E-state index in [0.717, 1.165) is 29.0 Å². The lowest BCUT2D eigenvalue weighted by molar-refractivity contribution is -0.121. The Morgan fingerprint density at radius 3 is 2.39 bits per heavy atom. The summed E-state index contributed by atoms with van der Waals surface area (Å²) in [6, 6.07) is 17.6. The molecule has 0 fully saturated rings. The average Bonchev–Trinajstić information content (AvgIpc) is 2.62. The quantitative estimate of drug-likeness (QED) is 0.628. The van der Waals surface area contributed by atoms with Gasteiger partial charge in [-0.1, -0.05) is 49.4 Å². The van der Waals surface area contributed by atoms with Crippen molar-refractivity contribution in [1.29, 1.82) is 0 Å². The van der Waals surface area contributed by atoms with E-state index in [1.54, 1.807) is 7.11 Å². The zero-order chi connectivity index (χ0) is 16.5. The van der Waals surface area contributed by atoms with Crippen molar-refractivity contribution < 1.29 is 9.53 Å². The standard InChI is InChI=1S/C19H22N2O2/c1-3-18(16-7-5-4-6-8-16)20-21-19(22)14-11-15-9-12-17(23-2)13-10-15/h4-10,12-13H,3,11,14H2,1-2H3,(H,21,22)/b20-18+. The lowest BCUT2D eigenvalue weighted by Gasteiger charge is -2.06. The number of nitrogens with zero attached hydrogens (tertiary/aromatic N) is 1. The van der Waals surface area contributed by atoms with Gasteiger partial charge in [-0.2, -0.15) is 5.10 Å². The maximum atomic E-state index is 11.9. The fraction of sp³-hybridized carbons (Fsp3) is 0.263. The van der Waals surface area contributed by atoms with Crippen molar-refractivity contribution in [3.05, 3.63) is 65.7 Å². The van der Waals surface area contributed by atoms with Crippen LogP contribution in [0, 0.1) is 0 Å². The van der Waals surface area contributed by atoms with Crippen LogP contribution in [0.25, 0.3) is 0 Å². The first kappa shape index (κ1) is 16.7. The van der Waals surface area contributed by atoms with Crippen LogP contribution in [0.3, 0.4) is 0 Å². The second-order valence-electron chi connectivity index (χ2n) is 5.16. The molecule has 4 nitrogen and oxygen atoms in total. The highest BCUT2D eigenvalue weighted by Crippen LogP contribution is 2.12. The van der Waals surface area contributed by atoms with Crippen molar-refractivity contribution in [3.8, 4) is 5.75 Å². The SMILES string of the molecule is CC/C(=N\NC(=O)CCc1ccc(OC)cc1)c1ccccc1. The lowest BCUT2D eigenvalue weighted by atomic mass is 10.1. The molecule has 2 rings (SSSR count). The van der Waals surface area contributed by atoms with Crippen LogP contribution in [-0.2, 0) is 11.2 Å². The summed E-state index contributed by atoms with van der Waals surface area (Å²) >= 11 is 0. The molecule has 2 aromatic carbocycles. The fourth-order valence-electron chi connectivity index (χ4n) is 2.21. The molecule has 23 heavy (non-hydrogen) atoms. The first-order valence-electron chi connectivity index (χ1n) is 7.76. The molecule has 0 saturated heterocycles. The predicted octanol–water partition coefficient (Wildman–Crippen LogP) is 3.56. The topological polar surface area (TPSA) is 50.7 Å². The third-order valence-electron chi connectivity index (χ3n) is 3.56. The van der Waals surface area contributed by atoms with Gasteiger partial charge in [-0.3, -0.25) is 4.79 Å². The smallest absolute Gasteiger partial charge is 0.240 e. The Morgan fingerprint density at radius 1 is 1.09 bits per heavy atom. The number of methoxy groups -OCH3 is 1. The summed E-state index contributed by atoms with van der Waals surface area (Å²) in [6.45, 7) is 2.02. The Bertz CT molecular complexity index is 649. The van der Waals surface area contributed by atoms with E-state index in [1.807, 2.05) is 61.5 Å². The summed E-state index contributed by atoms with van der Waals surface area (Å²) in [5, 5.41) is 4.25. The number of ether oxygens (including phenoxy) is 1. The third kappa shape index (κ3) is 5.25. The first-order chi connectivity index (χ1) is 11.2. The molecule has 4 heteroatoms. The summed E-state index contributed by atoms with van der Waals surface area (Å²) in [6.07, 6.45) is 1.85. The van der Waals surface area contributed by atoms with Gasteiger partial charge in [0.05, 0.1) is 12.8 Å². The molecule has 0 aliphatic carbocycles. The van der Waals surface area contributed by atoms with E-state index in [-0.39, 0.29) is 5.91 Å². The summed E-state index contributed by atoms with van der Waals surface area (Å²) in [5.41, 5.74) is 5.66. The van der Waals surface area contributed by atoms with Crippen LogP contribution in [0.2, 0.25) is 0 Å². The van der Waals surface area contributed by atoms with Crippen molar-refractivity contribution in [2.75, 3.05) is 7.11 Å². The molecule has 0 aliphatic rings. The van der Waals surface area contributed by atoms with E-state index in [4.69, 9.17) is 4.74 Å².